The van der Waals surface area contributed by atoms with Crippen molar-refractivity contribution in [3.8, 4) is 0 Å². The zero-order valence-corrected chi connectivity index (χ0v) is 14.7. The predicted octanol–water partition coefficient (Wildman–Crippen LogP) is 3.25. The van der Waals surface area contributed by atoms with Crippen LogP contribution in [0.2, 0.25) is 0 Å². The number of para-hydroxylation sites is 1. The Labute approximate surface area is 143 Å². The molecule has 2 heterocycles. The minimum absolute atomic E-state index is 0.151. The monoisotopic (exact) mass is 328 g/mol. The summed E-state index contributed by atoms with van der Waals surface area (Å²) in [5.41, 5.74) is 2.98. The molecule has 0 aliphatic carbocycles. The fourth-order valence-electron chi connectivity index (χ4n) is 4.11. The van der Waals surface area contributed by atoms with Gasteiger partial charge in [0.25, 0.3) is 0 Å². The summed E-state index contributed by atoms with van der Waals surface area (Å²) >= 11 is 0. The third-order valence-electron chi connectivity index (χ3n) is 5.52. The molecule has 24 heavy (non-hydrogen) atoms. The van der Waals surface area contributed by atoms with Crippen molar-refractivity contribution in [3.05, 3.63) is 35.5 Å². The number of hydrogen-bond donors (Lipinski definition) is 2. The Hall–Kier alpha value is -1.65. The Balaban J connectivity index is 2.01. The lowest BCUT2D eigenvalue weighted by Crippen LogP contribution is -2.34. The lowest BCUT2D eigenvalue weighted by atomic mass is 9.82. The largest absolute Gasteiger partial charge is 0.396 e. The number of aromatic amines is 1. The van der Waals surface area contributed by atoms with E-state index in [2.05, 4.69) is 29.9 Å². The molecule has 1 aromatic heterocycles. The number of aliphatic hydroxyl groups is 1. The van der Waals surface area contributed by atoms with Gasteiger partial charge in [0.1, 0.15) is 0 Å². The Morgan fingerprint density at radius 3 is 2.83 bits per heavy atom. The molecule has 1 aliphatic rings. The molecule has 4 heteroatoms. The summed E-state index contributed by atoms with van der Waals surface area (Å²) in [6, 6.07) is 8.18. The smallest absolute Gasteiger partial charge is 0.179 e. The molecule has 0 amide bonds. The van der Waals surface area contributed by atoms with Crippen molar-refractivity contribution >= 4 is 16.7 Å². The number of likely N-dealkylation sites (N-methyl/N-ethyl adjacent to an activating group) is 1. The van der Waals surface area contributed by atoms with Gasteiger partial charge >= 0.3 is 0 Å². The van der Waals surface area contributed by atoms with E-state index < -0.39 is 0 Å². The van der Waals surface area contributed by atoms with Crippen LogP contribution in [-0.2, 0) is 6.42 Å². The lowest BCUT2D eigenvalue weighted by Gasteiger charge is -2.30. The summed E-state index contributed by atoms with van der Waals surface area (Å²) in [7, 11) is 2.16. The molecule has 0 bridgehead atoms. The van der Waals surface area contributed by atoms with Crippen LogP contribution in [0.25, 0.3) is 10.9 Å². The van der Waals surface area contributed by atoms with Crippen molar-refractivity contribution in [2.45, 2.75) is 32.6 Å². The number of H-pyrrole nitrogens is 1. The molecule has 0 saturated carbocycles. The number of fused-ring (bicyclic) bond motifs is 3. The highest BCUT2D eigenvalue weighted by Crippen LogP contribution is 2.30. The second kappa shape index (κ2) is 7.49. The van der Waals surface area contributed by atoms with Crippen LogP contribution in [0.1, 0.15) is 42.2 Å². The van der Waals surface area contributed by atoms with Gasteiger partial charge in [-0.15, -0.1) is 0 Å². The first-order valence-corrected chi connectivity index (χ1v) is 9.06. The van der Waals surface area contributed by atoms with E-state index in [0.29, 0.717) is 18.8 Å². The molecule has 0 radical (unpaired) electrons. The normalized spacial score (nSPS) is 23.4. The van der Waals surface area contributed by atoms with Gasteiger partial charge in [0.2, 0.25) is 0 Å². The molecule has 3 rings (SSSR count). The molecular weight excluding hydrogens is 300 g/mol. The Bertz CT molecular complexity index is 707. The summed E-state index contributed by atoms with van der Waals surface area (Å²) < 4.78 is 0. The third-order valence-corrected chi connectivity index (χ3v) is 5.52. The van der Waals surface area contributed by atoms with Crippen LogP contribution in [0, 0.1) is 11.8 Å². The molecular formula is C20H28N2O2. The molecule has 0 saturated heterocycles. The van der Waals surface area contributed by atoms with E-state index in [0.717, 1.165) is 42.7 Å². The number of benzene rings is 1. The highest BCUT2D eigenvalue weighted by Gasteiger charge is 2.28. The van der Waals surface area contributed by atoms with Crippen LogP contribution in [0.3, 0.4) is 0 Å². The fraction of sp³-hybridized carbons (Fsp3) is 0.550. The van der Waals surface area contributed by atoms with E-state index in [1.807, 2.05) is 18.2 Å². The first kappa shape index (κ1) is 17.2. The quantitative estimate of drug-likeness (QED) is 0.909. The molecule has 2 atom stereocenters. The summed E-state index contributed by atoms with van der Waals surface area (Å²) in [4.78, 5) is 18.7. The van der Waals surface area contributed by atoms with E-state index >= 15 is 0 Å². The maximum absolute atomic E-state index is 13.0. The molecule has 0 spiro atoms. The fourth-order valence-corrected chi connectivity index (χ4v) is 4.11. The number of nitrogens with one attached hydrogen (secondary N) is 1. The third kappa shape index (κ3) is 3.40. The Morgan fingerprint density at radius 2 is 2.08 bits per heavy atom. The second-order valence-electron chi connectivity index (χ2n) is 7.10. The molecule has 2 aromatic rings. The van der Waals surface area contributed by atoms with Crippen molar-refractivity contribution in [2.24, 2.45) is 11.8 Å². The van der Waals surface area contributed by atoms with Crippen molar-refractivity contribution in [3.63, 3.8) is 0 Å². The number of aromatic nitrogens is 1. The highest BCUT2D eigenvalue weighted by atomic mass is 16.3. The van der Waals surface area contributed by atoms with Gasteiger partial charge in [-0.05, 0) is 43.4 Å². The van der Waals surface area contributed by atoms with Gasteiger partial charge in [0.05, 0.1) is 5.69 Å². The maximum atomic E-state index is 13.0. The van der Waals surface area contributed by atoms with Crippen molar-refractivity contribution in [1.82, 2.24) is 9.88 Å². The van der Waals surface area contributed by atoms with Gasteiger partial charge < -0.3 is 15.0 Å². The number of Topliss-reactive ketones (excluding diaryl/α,β-unsaturated/α-hetero) is 1. The van der Waals surface area contributed by atoms with Gasteiger partial charge in [0, 0.05) is 37.0 Å². The SMILES string of the molecule is CC[C@H]1CN(C)CCc2c([nH]c3ccccc23)C(=O)C[C@@H]1CCO. The van der Waals surface area contributed by atoms with Crippen molar-refractivity contribution < 1.29 is 9.90 Å². The first-order valence-electron chi connectivity index (χ1n) is 9.06. The number of hydrogen-bond acceptors (Lipinski definition) is 3. The topological polar surface area (TPSA) is 56.3 Å². The van der Waals surface area contributed by atoms with Crippen LogP contribution in [0.15, 0.2) is 24.3 Å². The zero-order chi connectivity index (χ0) is 17.1. The number of ketones is 1. The number of nitrogens with zero attached hydrogens (tertiary/aromatic N) is 1. The van der Waals surface area contributed by atoms with Gasteiger partial charge in [-0.3, -0.25) is 4.79 Å². The average molecular weight is 328 g/mol. The number of carbonyl (C=O) groups is 1. The maximum Gasteiger partial charge on any atom is 0.179 e. The zero-order valence-electron chi connectivity index (χ0n) is 14.7. The van der Waals surface area contributed by atoms with Crippen molar-refractivity contribution in [2.75, 3.05) is 26.7 Å². The predicted molar refractivity (Wildman–Crippen MR) is 97.4 cm³/mol. The Morgan fingerprint density at radius 1 is 1.29 bits per heavy atom. The molecule has 130 valence electrons. The number of rotatable bonds is 3. The number of carbonyl (C=O) groups excluding carboxylic acids is 1. The van der Waals surface area contributed by atoms with Crippen LogP contribution >= 0.6 is 0 Å². The van der Waals surface area contributed by atoms with E-state index in [4.69, 9.17) is 0 Å². The van der Waals surface area contributed by atoms with E-state index in [1.54, 1.807) is 0 Å². The molecule has 0 unspecified atom stereocenters. The second-order valence-corrected chi connectivity index (χ2v) is 7.10. The highest BCUT2D eigenvalue weighted by molar-refractivity contribution is 6.02. The molecule has 2 N–H and O–H groups in total. The van der Waals surface area contributed by atoms with Crippen LogP contribution in [0.4, 0.5) is 0 Å². The van der Waals surface area contributed by atoms with Gasteiger partial charge in [-0.1, -0.05) is 31.5 Å². The molecule has 1 aliphatic heterocycles. The summed E-state index contributed by atoms with van der Waals surface area (Å²) in [6.07, 6.45) is 3.16. The lowest BCUT2D eigenvalue weighted by molar-refractivity contribution is 0.0898. The average Bonchev–Trinajstić information content (AvgIpc) is 2.96. The van der Waals surface area contributed by atoms with Gasteiger partial charge in [0.15, 0.2) is 5.78 Å². The van der Waals surface area contributed by atoms with E-state index in [9.17, 15) is 9.90 Å². The van der Waals surface area contributed by atoms with Crippen molar-refractivity contribution in [1.29, 1.82) is 0 Å². The van der Waals surface area contributed by atoms with Crippen LogP contribution in [-0.4, -0.2) is 47.5 Å². The molecule has 4 nitrogen and oxygen atoms in total. The van der Waals surface area contributed by atoms with Crippen LogP contribution in [0.5, 0.6) is 0 Å². The minimum Gasteiger partial charge on any atom is -0.396 e. The van der Waals surface area contributed by atoms with Crippen LogP contribution < -0.4 is 0 Å². The summed E-state index contributed by atoms with van der Waals surface area (Å²) in [5.74, 6) is 0.895. The van der Waals surface area contributed by atoms with E-state index in [-0.39, 0.29) is 18.3 Å². The molecule has 0 fully saturated rings. The van der Waals surface area contributed by atoms with Gasteiger partial charge in [-0.25, -0.2) is 0 Å². The summed E-state index contributed by atoms with van der Waals surface area (Å²) in [5, 5.41) is 10.6. The number of aliphatic hydroxyl groups excluding tert-OH is 1. The molecule has 1 aromatic carbocycles. The minimum atomic E-state index is 0.151. The van der Waals surface area contributed by atoms with Gasteiger partial charge in [-0.2, -0.15) is 0 Å². The Kier molecular flexibility index (Phi) is 5.36. The van der Waals surface area contributed by atoms with E-state index in [1.165, 1.54) is 5.39 Å². The standard InChI is InChI=1S/C20H28N2O2/c1-3-14-13-22(2)10-8-17-16-6-4-5-7-18(16)21-20(17)19(24)12-15(14)9-11-23/h4-7,14-15,21,23H,3,8-13H2,1-2H3/t14-,15-/m0/s1. The first-order chi connectivity index (χ1) is 11.6. The summed E-state index contributed by atoms with van der Waals surface area (Å²) in [6.45, 7) is 4.28.